The van der Waals surface area contributed by atoms with Crippen LogP contribution in [0.15, 0.2) is 45.7 Å². The summed E-state index contributed by atoms with van der Waals surface area (Å²) >= 11 is 30.0. The molecular formula is C17H10Br2Cl4N4O. The van der Waals surface area contributed by atoms with Crippen molar-refractivity contribution in [2.45, 2.75) is 6.42 Å². The van der Waals surface area contributed by atoms with Crippen LogP contribution in [0.2, 0.25) is 20.2 Å². The number of hydrogen-bond acceptors (Lipinski definition) is 4. The predicted octanol–water partition coefficient (Wildman–Crippen LogP) is 6.39. The average Bonchev–Trinajstić information content (AvgIpc) is 2.57. The molecule has 0 fully saturated rings. The van der Waals surface area contributed by atoms with E-state index >= 15 is 0 Å². The summed E-state index contributed by atoms with van der Waals surface area (Å²) in [6.45, 7) is 0. The zero-order chi connectivity index (χ0) is 20.8. The maximum atomic E-state index is 11.2. The molecule has 0 atom stereocenters. The minimum Gasteiger partial charge on any atom is -0.365 e. The number of nitrogens with zero attached hydrogens (tertiary/aromatic N) is 3. The number of carbonyl (C=O) groups is 1. The first-order chi connectivity index (χ1) is 13.2. The van der Waals surface area contributed by atoms with Gasteiger partial charge in [0.15, 0.2) is 0 Å². The molecule has 0 bridgehead atoms. The second-order valence-corrected chi connectivity index (χ2v) is 8.65. The molecule has 2 N–H and O–H groups in total. The van der Waals surface area contributed by atoms with Crippen LogP contribution < -0.4 is 5.73 Å². The quantitative estimate of drug-likeness (QED) is 0.360. The Balaban J connectivity index is 0.000000292. The highest BCUT2D eigenvalue weighted by molar-refractivity contribution is 9.10. The van der Waals surface area contributed by atoms with Crippen LogP contribution in [0.5, 0.6) is 0 Å². The topological polar surface area (TPSA) is 81.8 Å². The molecule has 3 aromatic rings. The van der Waals surface area contributed by atoms with E-state index in [1.54, 1.807) is 30.7 Å². The molecule has 3 aromatic heterocycles. The summed E-state index contributed by atoms with van der Waals surface area (Å²) in [6, 6.07) is 5.03. The Labute approximate surface area is 197 Å². The van der Waals surface area contributed by atoms with E-state index in [-0.39, 0.29) is 15.7 Å². The lowest BCUT2D eigenvalue weighted by atomic mass is 10.1. The van der Waals surface area contributed by atoms with Gasteiger partial charge in [0.05, 0.1) is 26.3 Å². The highest BCUT2D eigenvalue weighted by Gasteiger charge is 2.16. The van der Waals surface area contributed by atoms with Gasteiger partial charge >= 0.3 is 0 Å². The third-order valence-electron chi connectivity index (χ3n) is 3.13. The molecule has 0 saturated carbocycles. The van der Waals surface area contributed by atoms with E-state index in [0.29, 0.717) is 27.9 Å². The molecule has 0 unspecified atom stereocenters. The molecule has 146 valence electrons. The second-order valence-electron chi connectivity index (χ2n) is 5.21. The smallest absolute Gasteiger partial charge is 0.253 e. The minimum atomic E-state index is -0.723. The first kappa shape index (κ1) is 23.3. The SMILES string of the molecule is Clc1cncc(Br)c1.NC(=O)c1c(Cl)cc(Cc2ncc(Br)cc2Cl)nc1Cl. The van der Waals surface area contributed by atoms with Gasteiger partial charge in [0.25, 0.3) is 5.91 Å². The van der Waals surface area contributed by atoms with Crippen LogP contribution in [0.25, 0.3) is 0 Å². The Hall–Kier alpha value is -0.960. The normalized spacial score (nSPS) is 10.2. The zero-order valence-electron chi connectivity index (χ0n) is 13.8. The van der Waals surface area contributed by atoms with Gasteiger partial charge in [0.1, 0.15) is 5.15 Å². The van der Waals surface area contributed by atoms with Gasteiger partial charge < -0.3 is 5.73 Å². The van der Waals surface area contributed by atoms with Crippen molar-refractivity contribution in [1.82, 2.24) is 15.0 Å². The van der Waals surface area contributed by atoms with E-state index in [1.165, 1.54) is 6.07 Å². The van der Waals surface area contributed by atoms with Crippen molar-refractivity contribution >= 4 is 84.2 Å². The number of pyridine rings is 3. The monoisotopic (exact) mass is 584 g/mol. The van der Waals surface area contributed by atoms with Gasteiger partial charge in [-0.15, -0.1) is 0 Å². The number of aromatic nitrogens is 3. The van der Waals surface area contributed by atoms with E-state index < -0.39 is 5.91 Å². The van der Waals surface area contributed by atoms with Crippen LogP contribution in [0.1, 0.15) is 21.7 Å². The van der Waals surface area contributed by atoms with Crippen molar-refractivity contribution in [3.05, 3.63) is 82.9 Å². The summed E-state index contributed by atoms with van der Waals surface area (Å²) in [7, 11) is 0. The van der Waals surface area contributed by atoms with Gasteiger partial charge in [0, 0.05) is 39.7 Å². The summed E-state index contributed by atoms with van der Waals surface area (Å²) in [5.41, 5.74) is 6.35. The molecule has 0 radical (unpaired) electrons. The van der Waals surface area contributed by atoms with Crippen LogP contribution in [0.3, 0.4) is 0 Å². The van der Waals surface area contributed by atoms with Gasteiger partial charge in [-0.25, -0.2) is 4.98 Å². The maximum absolute atomic E-state index is 11.2. The Morgan fingerprint density at radius 1 is 0.964 bits per heavy atom. The maximum Gasteiger partial charge on any atom is 0.253 e. The van der Waals surface area contributed by atoms with Crippen molar-refractivity contribution in [2.75, 3.05) is 0 Å². The number of hydrogen-bond donors (Lipinski definition) is 1. The Kier molecular flexibility index (Phi) is 8.92. The fourth-order valence-corrected chi connectivity index (χ4v) is 4.00. The Morgan fingerprint density at radius 3 is 2.14 bits per heavy atom. The number of amides is 1. The van der Waals surface area contributed by atoms with E-state index in [0.717, 1.165) is 8.95 Å². The third-order valence-corrected chi connectivity index (χ3v) is 5.10. The Bertz CT molecular complexity index is 980. The van der Waals surface area contributed by atoms with Crippen molar-refractivity contribution in [3.63, 3.8) is 0 Å². The second kappa shape index (κ2) is 10.7. The summed E-state index contributed by atoms with van der Waals surface area (Å²) in [4.78, 5) is 23.3. The molecule has 3 heterocycles. The average molecular weight is 588 g/mol. The van der Waals surface area contributed by atoms with E-state index in [4.69, 9.17) is 52.1 Å². The standard InChI is InChI=1S/C12H7BrCl3N3O.C5H3BrClN/c13-5-1-7(14)9(18-4-5)3-6-2-8(15)10(12(17)20)11(16)19-6;6-4-1-5(7)3-8-2-4/h1-2,4H,3H2,(H2,17,20);1-3H. The van der Waals surface area contributed by atoms with Gasteiger partial charge in [-0.3, -0.25) is 14.8 Å². The van der Waals surface area contributed by atoms with Gasteiger partial charge in [0.2, 0.25) is 0 Å². The molecule has 3 rings (SSSR count). The first-order valence-corrected chi connectivity index (χ1v) is 10.5. The molecule has 0 aliphatic heterocycles. The number of primary amides is 1. The van der Waals surface area contributed by atoms with Crippen LogP contribution in [0.4, 0.5) is 0 Å². The molecule has 11 heteroatoms. The van der Waals surface area contributed by atoms with Crippen LogP contribution >= 0.6 is 78.3 Å². The Morgan fingerprint density at radius 2 is 1.64 bits per heavy atom. The molecule has 0 aliphatic rings. The largest absolute Gasteiger partial charge is 0.365 e. The van der Waals surface area contributed by atoms with Gasteiger partial charge in [-0.1, -0.05) is 46.4 Å². The zero-order valence-corrected chi connectivity index (χ0v) is 20.0. The number of nitrogens with two attached hydrogens (primary N) is 1. The number of carbonyl (C=O) groups excluding carboxylic acids is 1. The molecule has 0 saturated heterocycles. The van der Waals surface area contributed by atoms with E-state index in [9.17, 15) is 4.79 Å². The fourth-order valence-electron chi connectivity index (χ4n) is 1.97. The highest BCUT2D eigenvalue weighted by Crippen LogP contribution is 2.26. The molecule has 1 amide bonds. The summed E-state index contributed by atoms with van der Waals surface area (Å²) < 4.78 is 1.68. The highest BCUT2D eigenvalue weighted by atomic mass is 79.9. The van der Waals surface area contributed by atoms with Crippen LogP contribution in [-0.2, 0) is 6.42 Å². The molecule has 5 nitrogen and oxygen atoms in total. The van der Waals surface area contributed by atoms with Crippen molar-refractivity contribution < 1.29 is 4.79 Å². The first-order valence-electron chi connectivity index (χ1n) is 7.38. The van der Waals surface area contributed by atoms with Crippen molar-refractivity contribution in [3.8, 4) is 0 Å². The van der Waals surface area contributed by atoms with Gasteiger partial charge in [-0.2, -0.15) is 0 Å². The fraction of sp³-hybridized carbons (Fsp3) is 0.0588. The van der Waals surface area contributed by atoms with E-state index in [1.807, 2.05) is 0 Å². The number of rotatable bonds is 3. The molecule has 0 spiro atoms. The van der Waals surface area contributed by atoms with Crippen LogP contribution in [0, 0.1) is 0 Å². The molecule has 28 heavy (non-hydrogen) atoms. The molecular weight excluding hydrogens is 578 g/mol. The minimum absolute atomic E-state index is 0.00643. The lowest BCUT2D eigenvalue weighted by Crippen LogP contribution is -2.13. The molecule has 0 aliphatic carbocycles. The summed E-state index contributed by atoms with van der Waals surface area (Å²) in [6.07, 6.45) is 5.24. The van der Waals surface area contributed by atoms with Crippen molar-refractivity contribution in [2.24, 2.45) is 5.73 Å². The van der Waals surface area contributed by atoms with E-state index in [2.05, 4.69) is 46.8 Å². The number of halogens is 6. The van der Waals surface area contributed by atoms with Gasteiger partial charge in [-0.05, 0) is 50.1 Å². The molecule has 0 aromatic carbocycles. The third kappa shape index (κ3) is 6.83. The summed E-state index contributed by atoms with van der Waals surface area (Å²) in [5.74, 6) is -0.723. The lowest BCUT2D eigenvalue weighted by Gasteiger charge is -2.07. The van der Waals surface area contributed by atoms with Crippen LogP contribution in [-0.4, -0.2) is 20.9 Å². The summed E-state index contributed by atoms with van der Waals surface area (Å²) in [5, 5.41) is 1.26. The lowest BCUT2D eigenvalue weighted by molar-refractivity contribution is 0.1000. The van der Waals surface area contributed by atoms with Crippen molar-refractivity contribution in [1.29, 1.82) is 0 Å². The predicted molar refractivity (Wildman–Crippen MR) is 119 cm³/mol.